The van der Waals surface area contributed by atoms with Crippen molar-refractivity contribution in [2.75, 3.05) is 12.4 Å². The molecule has 1 atom stereocenters. The summed E-state index contributed by atoms with van der Waals surface area (Å²) in [6.07, 6.45) is 0.890. The largest absolute Gasteiger partial charge is 0.497 e. The molecule has 1 amide bonds. The average molecular weight is 300 g/mol. The number of aryl methyl sites for hydroxylation is 1. The van der Waals surface area contributed by atoms with E-state index in [4.69, 9.17) is 10.5 Å². The molecule has 0 spiro atoms. The van der Waals surface area contributed by atoms with Crippen LogP contribution in [0.25, 0.3) is 0 Å². The van der Waals surface area contributed by atoms with Gasteiger partial charge < -0.3 is 15.8 Å². The van der Waals surface area contributed by atoms with E-state index >= 15 is 0 Å². The highest BCUT2D eigenvalue weighted by Crippen LogP contribution is 2.34. The van der Waals surface area contributed by atoms with E-state index < -0.39 is 6.04 Å². The Morgan fingerprint density at radius 1 is 1.27 bits per heavy atom. The second-order valence-corrected chi connectivity index (χ2v) is 5.33. The van der Waals surface area contributed by atoms with Crippen molar-refractivity contribution in [3.63, 3.8) is 0 Å². The van der Waals surface area contributed by atoms with Gasteiger partial charge in [-0.3, -0.25) is 4.79 Å². The summed E-state index contributed by atoms with van der Waals surface area (Å²) in [6.45, 7) is 0. The van der Waals surface area contributed by atoms with Gasteiger partial charge in [-0.2, -0.15) is 0 Å². The van der Waals surface area contributed by atoms with Gasteiger partial charge in [0.15, 0.2) is 0 Å². The molecule has 1 aliphatic heterocycles. The smallest absolute Gasteiger partial charge is 0.224 e. The second kappa shape index (κ2) is 5.77. The molecule has 0 fully saturated rings. The Kier molecular flexibility index (Phi) is 3.81. The lowest BCUT2D eigenvalue weighted by Gasteiger charge is -2.24. The van der Waals surface area contributed by atoms with E-state index in [1.165, 1.54) is 12.1 Å². The van der Waals surface area contributed by atoms with Gasteiger partial charge in [0, 0.05) is 17.7 Å². The number of nitrogens with two attached hydrogens (primary N) is 1. The molecular weight excluding hydrogens is 283 g/mol. The first-order valence-electron chi connectivity index (χ1n) is 7.10. The number of benzene rings is 2. The fourth-order valence-corrected chi connectivity index (χ4v) is 2.75. The molecule has 114 valence electrons. The van der Waals surface area contributed by atoms with Gasteiger partial charge in [0.1, 0.15) is 11.6 Å². The summed E-state index contributed by atoms with van der Waals surface area (Å²) in [6, 6.07) is 9.61. The minimum atomic E-state index is -0.544. The van der Waals surface area contributed by atoms with Gasteiger partial charge in [0.2, 0.25) is 5.91 Å². The highest BCUT2D eigenvalue weighted by molar-refractivity contribution is 5.95. The SMILES string of the molecule is COc1cccc(C(N)c2cc(F)cc3c2NC(=O)CC3)c1. The minimum Gasteiger partial charge on any atom is -0.497 e. The third-order valence-corrected chi connectivity index (χ3v) is 3.89. The number of halogens is 1. The molecule has 2 aromatic carbocycles. The van der Waals surface area contributed by atoms with Crippen LogP contribution in [-0.4, -0.2) is 13.0 Å². The Bertz CT molecular complexity index is 731. The van der Waals surface area contributed by atoms with Gasteiger partial charge in [-0.15, -0.1) is 0 Å². The standard InChI is InChI=1S/C17H17FN2O2/c1-22-13-4-2-3-10(8-13)16(19)14-9-12(18)7-11-5-6-15(21)20-17(11)14/h2-4,7-9,16H,5-6,19H2,1H3,(H,20,21). The van der Waals surface area contributed by atoms with Crippen LogP contribution in [0, 0.1) is 5.82 Å². The first kappa shape index (κ1) is 14.5. The molecule has 1 heterocycles. The van der Waals surface area contributed by atoms with Crippen LogP contribution in [0.3, 0.4) is 0 Å². The van der Waals surface area contributed by atoms with Crippen molar-refractivity contribution in [2.24, 2.45) is 5.73 Å². The number of methoxy groups -OCH3 is 1. The molecular formula is C17H17FN2O2. The van der Waals surface area contributed by atoms with E-state index in [1.54, 1.807) is 7.11 Å². The van der Waals surface area contributed by atoms with Gasteiger partial charge in [-0.1, -0.05) is 12.1 Å². The summed E-state index contributed by atoms with van der Waals surface area (Å²) >= 11 is 0. The van der Waals surface area contributed by atoms with Gasteiger partial charge >= 0.3 is 0 Å². The summed E-state index contributed by atoms with van der Waals surface area (Å²) in [7, 11) is 1.58. The Hall–Kier alpha value is -2.40. The predicted octanol–water partition coefficient (Wildman–Crippen LogP) is 2.77. The van der Waals surface area contributed by atoms with E-state index in [1.807, 2.05) is 24.3 Å². The van der Waals surface area contributed by atoms with Gasteiger partial charge in [0.05, 0.1) is 13.2 Å². The van der Waals surface area contributed by atoms with Crippen molar-refractivity contribution >= 4 is 11.6 Å². The zero-order chi connectivity index (χ0) is 15.7. The number of carbonyl (C=O) groups is 1. The van der Waals surface area contributed by atoms with E-state index in [9.17, 15) is 9.18 Å². The highest BCUT2D eigenvalue weighted by atomic mass is 19.1. The number of hydrogen-bond donors (Lipinski definition) is 2. The molecule has 1 aliphatic rings. The Labute approximate surface area is 128 Å². The topological polar surface area (TPSA) is 64.3 Å². The molecule has 0 aliphatic carbocycles. The minimum absolute atomic E-state index is 0.0711. The number of ether oxygens (including phenoxy) is 1. The number of anilines is 1. The lowest BCUT2D eigenvalue weighted by Crippen LogP contribution is -2.23. The molecule has 0 saturated heterocycles. The van der Waals surface area contributed by atoms with E-state index in [0.29, 0.717) is 29.8 Å². The number of carbonyl (C=O) groups excluding carboxylic acids is 1. The summed E-state index contributed by atoms with van der Waals surface area (Å²) < 4.78 is 19.1. The summed E-state index contributed by atoms with van der Waals surface area (Å²) in [4.78, 5) is 11.7. The molecule has 0 bridgehead atoms. The van der Waals surface area contributed by atoms with Gasteiger partial charge in [-0.05, 0) is 41.8 Å². The Morgan fingerprint density at radius 3 is 2.86 bits per heavy atom. The molecule has 4 nitrogen and oxygen atoms in total. The summed E-state index contributed by atoms with van der Waals surface area (Å²) in [5.74, 6) is 0.267. The zero-order valence-electron chi connectivity index (χ0n) is 12.2. The van der Waals surface area contributed by atoms with E-state index in [-0.39, 0.29) is 11.7 Å². The maximum Gasteiger partial charge on any atom is 0.224 e. The summed E-state index contributed by atoms with van der Waals surface area (Å²) in [5, 5.41) is 2.82. The number of hydrogen-bond acceptors (Lipinski definition) is 3. The van der Waals surface area contributed by atoms with Crippen LogP contribution in [0.4, 0.5) is 10.1 Å². The highest BCUT2D eigenvalue weighted by Gasteiger charge is 2.23. The van der Waals surface area contributed by atoms with E-state index in [2.05, 4.69) is 5.32 Å². The van der Waals surface area contributed by atoms with Crippen molar-refractivity contribution in [2.45, 2.75) is 18.9 Å². The maximum atomic E-state index is 13.9. The van der Waals surface area contributed by atoms with Gasteiger partial charge in [0.25, 0.3) is 0 Å². The Balaban J connectivity index is 2.06. The van der Waals surface area contributed by atoms with Crippen LogP contribution < -0.4 is 15.8 Å². The number of nitrogens with one attached hydrogen (secondary N) is 1. The van der Waals surface area contributed by atoms with Crippen molar-refractivity contribution in [3.8, 4) is 5.75 Å². The van der Waals surface area contributed by atoms with Crippen LogP contribution in [-0.2, 0) is 11.2 Å². The monoisotopic (exact) mass is 300 g/mol. The fourth-order valence-electron chi connectivity index (χ4n) is 2.75. The molecule has 2 aromatic rings. The second-order valence-electron chi connectivity index (χ2n) is 5.33. The number of amides is 1. The first-order chi connectivity index (χ1) is 10.6. The predicted molar refractivity (Wildman–Crippen MR) is 82.4 cm³/mol. The van der Waals surface area contributed by atoms with Crippen molar-refractivity contribution in [1.29, 1.82) is 0 Å². The zero-order valence-corrected chi connectivity index (χ0v) is 12.2. The lowest BCUT2D eigenvalue weighted by molar-refractivity contribution is -0.116. The van der Waals surface area contributed by atoms with Gasteiger partial charge in [-0.25, -0.2) is 4.39 Å². The molecule has 5 heteroatoms. The third-order valence-electron chi connectivity index (χ3n) is 3.89. The molecule has 0 radical (unpaired) electrons. The molecule has 0 saturated carbocycles. The third kappa shape index (κ3) is 2.67. The average Bonchev–Trinajstić information content (AvgIpc) is 2.54. The lowest BCUT2D eigenvalue weighted by atomic mass is 9.92. The summed E-state index contributed by atoms with van der Waals surface area (Å²) in [5.41, 5.74) is 9.10. The molecule has 22 heavy (non-hydrogen) atoms. The molecule has 0 aromatic heterocycles. The normalized spacial score (nSPS) is 15.0. The quantitative estimate of drug-likeness (QED) is 0.916. The Morgan fingerprint density at radius 2 is 2.09 bits per heavy atom. The number of fused-ring (bicyclic) bond motifs is 1. The maximum absolute atomic E-state index is 13.9. The van der Waals surface area contributed by atoms with Crippen LogP contribution in [0.2, 0.25) is 0 Å². The first-order valence-corrected chi connectivity index (χ1v) is 7.10. The molecule has 3 rings (SSSR count). The number of rotatable bonds is 3. The molecule has 3 N–H and O–H groups in total. The van der Waals surface area contributed by atoms with Crippen LogP contribution in [0.5, 0.6) is 5.75 Å². The van der Waals surface area contributed by atoms with E-state index in [0.717, 1.165) is 11.1 Å². The van der Waals surface area contributed by atoms with Crippen molar-refractivity contribution < 1.29 is 13.9 Å². The van der Waals surface area contributed by atoms with Crippen molar-refractivity contribution in [1.82, 2.24) is 0 Å². The fraction of sp³-hybridized carbons (Fsp3) is 0.235. The van der Waals surface area contributed by atoms with Crippen LogP contribution in [0.1, 0.15) is 29.2 Å². The van der Waals surface area contributed by atoms with Crippen LogP contribution in [0.15, 0.2) is 36.4 Å². The van der Waals surface area contributed by atoms with Crippen molar-refractivity contribution in [3.05, 3.63) is 58.9 Å². The molecule has 1 unspecified atom stereocenters. The van der Waals surface area contributed by atoms with Crippen LogP contribution >= 0.6 is 0 Å².